The molecule has 2 fully saturated rings. The van der Waals surface area contributed by atoms with Crippen LogP contribution in [0.2, 0.25) is 0 Å². The highest BCUT2D eigenvalue weighted by Crippen LogP contribution is 2.24. The van der Waals surface area contributed by atoms with Gasteiger partial charge in [-0.05, 0) is 31.9 Å². The van der Waals surface area contributed by atoms with Gasteiger partial charge in [0.1, 0.15) is 11.5 Å². The predicted octanol–water partition coefficient (Wildman–Crippen LogP) is 2.43. The standard InChI is InChI=1S/C17H28N4O2.HI/c1-13-6-7-16(23-13)15(21-8-10-22-11-9-21)12-19-17(18)20-14-4-2-3-5-14;/h6-7,14-15H,2-5,8-12H2,1H3,(H3,18,19,20);1H. The number of nitrogens with zero attached hydrogens (tertiary/aromatic N) is 2. The van der Waals surface area contributed by atoms with Crippen LogP contribution in [-0.2, 0) is 4.74 Å². The first-order valence-corrected chi connectivity index (χ1v) is 8.67. The number of hydrogen-bond acceptors (Lipinski definition) is 4. The SMILES string of the molecule is Cc1ccc(C(CN=C(N)NC2CCCC2)N2CCOCC2)o1.I. The lowest BCUT2D eigenvalue weighted by atomic mass is 10.1. The molecular weight excluding hydrogens is 419 g/mol. The van der Waals surface area contributed by atoms with Crippen LogP contribution in [0.15, 0.2) is 21.5 Å². The van der Waals surface area contributed by atoms with E-state index in [4.69, 9.17) is 14.9 Å². The maximum absolute atomic E-state index is 6.08. The predicted molar refractivity (Wildman–Crippen MR) is 106 cm³/mol. The van der Waals surface area contributed by atoms with Gasteiger partial charge in [0, 0.05) is 19.1 Å². The first-order chi connectivity index (χ1) is 11.2. The summed E-state index contributed by atoms with van der Waals surface area (Å²) in [6.45, 7) is 5.90. The minimum absolute atomic E-state index is 0. The van der Waals surface area contributed by atoms with E-state index in [1.165, 1.54) is 25.7 Å². The van der Waals surface area contributed by atoms with Gasteiger partial charge in [0.2, 0.25) is 0 Å². The summed E-state index contributed by atoms with van der Waals surface area (Å²) >= 11 is 0. The number of morpholine rings is 1. The molecule has 0 radical (unpaired) electrons. The van der Waals surface area contributed by atoms with Crippen molar-refractivity contribution < 1.29 is 9.15 Å². The Hall–Kier alpha value is -0.800. The van der Waals surface area contributed by atoms with E-state index in [1.807, 2.05) is 19.1 Å². The highest BCUT2D eigenvalue weighted by atomic mass is 127. The maximum Gasteiger partial charge on any atom is 0.188 e. The summed E-state index contributed by atoms with van der Waals surface area (Å²) in [6.07, 6.45) is 4.96. The number of aryl methyl sites for hydroxylation is 1. The molecule has 0 bridgehead atoms. The van der Waals surface area contributed by atoms with Gasteiger partial charge in [-0.1, -0.05) is 12.8 Å². The second-order valence-corrected chi connectivity index (χ2v) is 6.46. The van der Waals surface area contributed by atoms with Gasteiger partial charge in [0.15, 0.2) is 5.96 Å². The number of furan rings is 1. The molecule has 1 saturated carbocycles. The number of hydrogen-bond donors (Lipinski definition) is 2. The van der Waals surface area contributed by atoms with E-state index in [0.29, 0.717) is 18.5 Å². The van der Waals surface area contributed by atoms with Gasteiger partial charge < -0.3 is 20.2 Å². The lowest BCUT2D eigenvalue weighted by Crippen LogP contribution is -2.42. The molecule has 0 aromatic carbocycles. The molecule has 1 aliphatic heterocycles. The van der Waals surface area contributed by atoms with E-state index < -0.39 is 0 Å². The average Bonchev–Trinajstić information content (AvgIpc) is 3.21. The van der Waals surface area contributed by atoms with Crippen LogP contribution >= 0.6 is 24.0 Å². The molecule has 136 valence electrons. The number of aliphatic imine (C=N–C) groups is 1. The van der Waals surface area contributed by atoms with Crippen molar-refractivity contribution in [2.45, 2.75) is 44.7 Å². The van der Waals surface area contributed by atoms with Crippen LogP contribution in [0.25, 0.3) is 0 Å². The molecule has 1 aromatic heterocycles. The van der Waals surface area contributed by atoms with E-state index in [2.05, 4.69) is 15.2 Å². The van der Waals surface area contributed by atoms with Crippen molar-refractivity contribution in [3.05, 3.63) is 23.7 Å². The zero-order valence-electron chi connectivity index (χ0n) is 14.4. The summed E-state index contributed by atoms with van der Waals surface area (Å²) in [7, 11) is 0. The lowest BCUT2D eigenvalue weighted by Gasteiger charge is -2.32. The van der Waals surface area contributed by atoms with Gasteiger partial charge in [0.05, 0.1) is 25.8 Å². The Balaban J connectivity index is 0.00000208. The fraction of sp³-hybridized carbons (Fsp3) is 0.706. The maximum atomic E-state index is 6.08. The van der Waals surface area contributed by atoms with Crippen molar-refractivity contribution in [1.29, 1.82) is 0 Å². The van der Waals surface area contributed by atoms with E-state index >= 15 is 0 Å². The summed E-state index contributed by atoms with van der Waals surface area (Å²) in [5.41, 5.74) is 6.08. The summed E-state index contributed by atoms with van der Waals surface area (Å²) in [4.78, 5) is 6.96. The Morgan fingerprint density at radius 1 is 1.33 bits per heavy atom. The molecule has 1 atom stereocenters. The quantitative estimate of drug-likeness (QED) is 0.411. The second kappa shape index (κ2) is 9.62. The topological polar surface area (TPSA) is 76.0 Å². The Bertz CT molecular complexity index is 522. The van der Waals surface area contributed by atoms with Crippen molar-refractivity contribution in [1.82, 2.24) is 10.2 Å². The van der Waals surface area contributed by atoms with Crippen LogP contribution in [-0.4, -0.2) is 49.7 Å². The van der Waals surface area contributed by atoms with E-state index in [9.17, 15) is 0 Å². The molecular formula is C17H29IN4O2. The third-order valence-corrected chi connectivity index (χ3v) is 4.72. The van der Waals surface area contributed by atoms with E-state index in [1.54, 1.807) is 0 Å². The van der Waals surface area contributed by atoms with Crippen LogP contribution in [0.5, 0.6) is 0 Å². The number of guanidine groups is 1. The third-order valence-electron chi connectivity index (χ3n) is 4.72. The molecule has 2 aliphatic rings. The molecule has 3 rings (SSSR count). The molecule has 6 nitrogen and oxygen atoms in total. The van der Waals surface area contributed by atoms with Crippen molar-refractivity contribution >= 4 is 29.9 Å². The first-order valence-electron chi connectivity index (χ1n) is 8.67. The number of ether oxygens (including phenoxy) is 1. The fourth-order valence-electron chi connectivity index (χ4n) is 3.42. The van der Waals surface area contributed by atoms with Crippen LogP contribution in [0, 0.1) is 6.92 Å². The Morgan fingerprint density at radius 3 is 2.67 bits per heavy atom. The van der Waals surface area contributed by atoms with Crippen LogP contribution < -0.4 is 11.1 Å². The van der Waals surface area contributed by atoms with Gasteiger partial charge in [-0.15, -0.1) is 24.0 Å². The minimum atomic E-state index is 0. The molecule has 1 unspecified atom stereocenters. The average molecular weight is 448 g/mol. The number of nitrogens with one attached hydrogen (secondary N) is 1. The molecule has 2 heterocycles. The molecule has 1 aromatic rings. The van der Waals surface area contributed by atoms with Gasteiger partial charge in [-0.25, -0.2) is 0 Å². The van der Waals surface area contributed by atoms with Crippen LogP contribution in [0.4, 0.5) is 0 Å². The summed E-state index contributed by atoms with van der Waals surface area (Å²) < 4.78 is 11.3. The summed E-state index contributed by atoms with van der Waals surface area (Å²) in [5.74, 6) is 2.44. The highest BCUT2D eigenvalue weighted by molar-refractivity contribution is 14.0. The van der Waals surface area contributed by atoms with Crippen LogP contribution in [0.1, 0.15) is 43.2 Å². The van der Waals surface area contributed by atoms with Crippen molar-refractivity contribution in [2.24, 2.45) is 10.7 Å². The Labute approximate surface area is 161 Å². The fourth-order valence-corrected chi connectivity index (χ4v) is 3.42. The largest absolute Gasteiger partial charge is 0.465 e. The van der Waals surface area contributed by atoms with Crippen LogP contribution in [0.3, 0.4) is 0 Å². The highest BCUT2D eigenvalue weighted by Gasteiger charge is 2.25. The van der Waals surface area contributed by atoms with E-state index in [-0.39, 0.29) is 30.0 Å². The first kappa shape index (κ1) is 19.5. The molecule has 1 saturated heterocycles. The number of rotatable bonds is 5. The molecule has 0 amide bonds. The number of nitrogens with two attached hydrogens (primary N) is 1. The lowest BCUT2D eigenvalue weighted by molar-refractivity contribution is 0.0135. The van der Waals surface area contributed by atoms with Crippen molar-refractivity contribution in [3.8, 4) is 0 Å². The van der Waals surface area contributed by atoms with Crippen molar-refractivity contribution in [2.75, 3.05) is 32.8 Å². The number of halogens is 1. The van der Waals surface area contributed by atoms with Gasteiger partial charge >= 0.3 is 0 Å². The van der Waals surface area contributed by atoms with Crippen molar-refractivity contribution in [3.63, 3.8) is 0 Å². The zero-order chi connectivity index (χ0) is 16.1. The molecule has 0 spiro atoms. The molecule has 24 heavy (non-hydrogen) atoms. The Morgan fingerprint density at radius 2 is 2.04 bits per heavy atom. The molecule has 3 N–H and O–H groups in total. The minimum Gasteiger partial charge on any atom is -0.465 e. The second-order valence-electron chi connectivity index (χ2n) is 6.46. The normalized spacial score (nSPS) is 21.5. The van der Waals surface area contributed by atoms with Gasteiger partial charge in [0.25, 0.3) is 0 Å². The summed E-state index contributed by atoms with van der Waals surface area (Å²) in [6, 6.07) is 4.67. The molecule has 1 aliphatic carbocycles. The third kappa shape index (κ3) is 5.35. The molecule has 7 heteroatoms. The monoisotopic (exact) mass is 448 g/mol. The van der Waals surface area contributed by atoms with Gasteiger partial charge in [-0.2, -0.15) is 0 Å². The summed E-state index contributed by atoms with van der Waals surface area (Å²) in [5, 5.41) is 3.35. The van der Waals surface area contributed by atoms with Gasteiger partial charge in [-0.3, -0.25) is 9.89 Å². The zero-order valence-corrected chi connectivity index (χ0v) is 16.7. The smallest absolute Gasteiger partial charge is 0.188 e. The van der Waals surface area contributed by atoms with E-state index in [0.717, 1.165) is 37.8 Å². The Kier molecular flexibility index (Phi) is 7.83.